The predicted octanol–water partition coefficient (Wildman–Crippen LogP) is 4.26. The highest BCUT2D eigenvalue weighted by Gasteiger charge is 2.04. The van der Waals surface area contributed by atoms with Gasteiger partial charge < -0.3 is 10.2 Å². The van der Waals surface area contributed by atoms with Gasteiger partial charge in [-0.15, -0.1) is 41.9 Å². The quantitative estimate of drug-likeness (QED) is 0.191. The van der Waals surface area contributed by atoms with Gasteiger partial charge in [0.2, 0.25) is 0 Å². The number of nitrogens with zero attached hydrogens (tertiary/aromatic N) is 3. The molecule has 1 aromatic rings. The minimum absolute atomic E-state index is 0. The monoisotopic (exact) mass is 450 g/mol. The number of aryl methyl sites for hydroxylation is 2. The Bertz CT molecular complexity index is 459. The molecule has 0 saturated heterocycles. The molecule has 1 N–H and O–H groups in total. The maximum Gasteiger partial charge on any atom is 0.193 e. The lowest BCUT2D eigenvalue weighted by Crippen LogP contribution is -2.39. The van der Waals surface area contributed by atoms with Gasteiger partial charge in [0.25, 0.3) is 0 Å². The molecule has 23 heavy (non-hydrogen) atoms. The minimum atomic E-state index is 0. The summed E-state index contributed by atoms with van der Waals surface area (Å²) in [6.45, 7) is 10.7. The molecule has 0 radical (unpaired) electrons. The lowest BCUT2D eigenvalue weighted by Gasteiger charge is -2.21. The lowest BCUT2D eigenvalue weighted by molar-refractivity contribution is 0.469. The summed E-state index contributed by atoms with van der Waals surface area (Å²) in [4.78, 5) is 11.4. The van der Waals surface area contributed by atoms with Crippen molar-refractivity contribution in [1.29, 1.82) is 0 Å². The number of rotatable bonds is 10. The van der Waals surface area contributed by atoms with E-state index in [1.54, 1.807) is 11.3 Å². The van der Waals surface area contributed by atoms with Crippen molar-refractivity contribution in [1.82, 2.24) is 15.2 Å². The van der Waals surface area contributed by atoms with Crippen LogP contribution in [0.15, 0.2) is 23.0 Å². The Morgan fingerprint density at radius 2 is 2.22 bits per heavy atom. The zero-order chi connectivity index (χ0) is 16.2. The Morgan fingerprint density at radius 3 is 2.83 bits per heavy atom. The number of nitrogens with one attached hydrogen (secondary N) is 1. The average Bonchev–Trinajstić information content (AvgIpc) is 2.91. The Morgan fingerprint density at radius 1 is 1.43 bits per heavy atom. The Kier molecular flexibility index (Phi) is 13.4. The molecule has 0 aliphatic heterocycles. The van der Waals surface area contributed by atoms with Crippen molar-refractivity contribution in [2.75, 3.05) is 26.7 Å². The number of aromatic nitrogens is 1. The third-order valence-electron chi connectivity index (χ3n) is 3.33. The average molecular weight is 450 g/mol. The van der Waals surface area contributed by atoms with Crippen molar-refractivity contribution in [3.8, 4) is 0 Å². The second-order valence-corrected chi connectivity index (χ2v) is 6.37. The third kappa shape index (κ3) is 9.96. The number of hydrogen-bond acceptors (Lipinski definition) is 3. The molecule has 1 heterocycles. The maximum absolute atomic E-state index is 4.72. The molecule has 0 fully saturated rings. The van der Waals surface area contributed by atoms with Crippen LogP contribution in [0.25, 0.3) is 0 Å². The molecule has 0 amide bonds. The number of unbranched alkanes of at least 4 members (excludes halogenated alkanes) is 2. The van der Waals surface area contributed by atoms with Crippen LogP contribution in [0.3, 0.4) is 0 Å². The highest BCUT2D eigenvalue weighted by molar-refractivity contribution is 14.0. The number of aliphatic imine (C=N–C) groups is 1. The van der Waals surface area contributed by atoms with Crippen LogP contribution in [0.4, 0.5) is 0 Å². The van der Waals surface area contributed by atoms with Gasteiger partial charge in [0.1, 0.15) is 0 Å². The van der Waals surface area contributed by atoms with E-state index < -0.39 is 0 Å². The first-order chi connectivity index (χ1) is 10.7. The molecule has 0 aromatic carbocycles. The molecule has 0 aliphatic carbocycles. The summed E-state index contributed by atoms with van der Waals surface area (Å²) < 4.78 is 0. The molecule has 132 valence electrons. The van der Waals surface area contributed by atoms with E-state index in [0.717, 1.165) is 63.4 Å². The van der Waals surface area contributed by atoms with Crippen molar-refractivity contribution < 1.29 is 0 Å². The van der Waals surface area contributed by atoms with Gasteiger partial charge in [0.15, 0.2) is 5.96 Å². The van der Waals surface area contributed by atoms with Crippen LogP contribution in [0.5, 0.6) is 0 Å². The zero-order valence-electron chi connectivity index (χ0n) is 14.7. The predicted molar refractivity (Wildman–Crippen MR) is 113 cm³/mol. The van der Waals surface area contributed by atoms with Crippen molar-refractivity contribution in [3.05, 3.63) is 28.7 Å². The van der Waals surface area contributed by atoms with E-state index in [0.29, 0.717) is 0 Å². The summed E-state index contributed by atoms with van der Waals surface area (Å²) in [7, 11) is 2.10. The van der Waals surface area contributed by atoms with E-state index in [1.807, 2.05) is 6.08 Å². The SMILES string of the molecule is C=CCCCN(C)C(=NCCCCc1nc(C)cs1)NCC.I. The normalized spacial score (nSPS) is 11.0. The topological polar surface area (TPSA) is 40.5 Å². The summed E-state index contributed by atoms with van der Waals surface area (Å²) in [5.41, 5.74) is 1.13. The summed E-state index contributed by atoms with van der Waals surface area (Å²) in [5.74, 6) is 1.01. The molecule has 0 atom stereocenters. The van der Waals surface area contributed by atoms with Crippen LogP contribution in [0, 0.1) is 6.92 Å². The van der Waals surface area contributed by atoms with E-state index in [9.17, 15) is 0 Å². The highest BCUT2D eigenvalue weighted by atomic mass is 127. The third-order valence-corrected chi connectivity index (χ3v) is 4.35. The molecule has 6 heteroatoms. The Hall–Kier alpha value is -0.630. The van der Waals surface area contributed by atoms with E-state index in [2.05, 4.69) is 48.1 Å². The highest BCUT2D eigenvalue weighted by Crippen LogP contribution is 2.11. The molecule has 0 unspecified atom stereocenters. The van der Waals surface area contributed by atoms with Gasteiger partial charge in [-0.2, -0.15) is 0 Å². The van der Waals surface area contributed by atoms with Gasteiger partial charge in [0.05, 0.1) is 5.01 Å². The van der Waals surface area contributed by atoms with Gasteiger partial charge in [-0.05, 0) is 46.0 Å². The van der Waals surface area contributed by atoms with Crippen molar-refractivity contribution in [2.24, 2.45) is 4.99 Å². The molecule has 1 rings (SSSR count). The van der Waals surface area contributed by atoms with Crippen LogP contribution < -0.4 is 5.32 Å². The molecule has 4 nitrogen and oxygen atoms in total. The van der Waals surface area contributed by atoms with Gasteiger partial charge >= 0.3 is 0 Å². The number of thiazole rings is 1. The number of guanidine groups is 1. The maximum atomic E-state index is 4.72. The van der Waals surface area contributed by atoms with Crippen molar-refractivity contribution >= 4 is 41.3 Å². The van der Waals surface area contributed by atoms with Crippen LogP contribution in [-0.2, 0) is 6.42 Å². The summed E-state index contributed by atoms with van der Waals surface area (Å²) in [6.07, 6.45) is 7.47. The molecule has 0 bridgehead atoms. The van der Waals surface area contributed by atoms with Gasteiger partial charge in [-0.1, -0.05) is 6.08 Å². The van der Waals surface area contributed by atoms with E-state index >= 15 is 0 Å². The Balaban J connectivity index is 0.00000484. The zero-order valence-corrected chi connectivity index (χ0v) is 17.8. The fraction of sp³-hybridized carbons (Fsp3) is 0.647. The molecule has 0 spiro atoms. The van der Waals surface area contributed by atoms with Crippen molar-refractivity contribution in [2.45, 2.75) is 46.0 Å². The molecule has 0 saturated carbocycles. The summed E-state index contributed by atoms with van der Waals surface area (Å²) in [6, 6.07) is 0. The van der Waals surface area contributed by atoms with Gasteiger partial charge in [-0.25, -0.2) is 4.98 Å². The largest absolute Gasteiger partial charge is 0.357 e. The second-order valence-electron chi connectivity index (χ2n) is 5.43. The van der Waals surface area contributed by atoms with Crippen LogP contribution >= 0.6 is 35.3 Å². The first kappa shape index (κ1) is 22.4. The standard InChI is InChI=1S/C17H30N4S.HI/c1-5-7-10-13-21(4)17(18-6-2)19-12-9-8-11-16-20-15(3)14-22-16;/h5,14H,1,6-13H2,2-4H3,(H,18,19);1H. The minimum Gasteiger partial charge on any atom is -0.357 e. The van der Waals surface area contributed by atoms with Crippen LogP contribution in [0.2, 0.25) is 0 Å². The Labute approximate surface area is 162 Å². The van der Waals surface area contributed by atoms with Crippen LogP contribution in [0.1, 0.15) is 43.3 Å². The summed E-state index contributed by atoms with van der Waals surface area (Å²) in [5, 5.41) is 6.73. The fourth-order valence-corrected chi connectivity index (χ4v) is 2.96. The molecule has 0 aliphatic rings. The molecule has 1 aromatic heterocycles. The van der Waals surface area contributed by atoms with Gasteiger partial charge in [-0.3, -0.25) is 4.99 Å². The van der Waals surface area contributed by atoms with Gasteiger partial charge in [0, 0.05) is 37.8 Å². The van der Waals surface area contributed by atoms with E-state index in [1.165, 1.54) is 5.01 Å². The lowest BCUT2D eigenvalue weighted by atomic mass is 10.2. The van der Waals surface area contributed by atoms with Crippen molar-refractivity contribution in [3.63, 3.8) is 0 Å². The number of allylic oxidation sites excluding steroid dienone is 1. The summed E-state index contributed by atoms with van der Waals surface area (Å²) >= 11 is 1.76. The fourth-order valence-electron chi connectivity index (χ4n) is 2.14. The first-order valence-electron chi connectivity index (χ1n) is 8.18. The van der Waals surface area contributed by atoms with E-state index in [4.69, 9.17) is 4.99 Å². The number of halogens is 1. The first-order valence-corrected chi connectivity index (χ1v) is 9.06. The number of hydrogen-bond donors (Lipinski definition) is 1. The van der Waals surface area contributed by atoms with Crippen LogP contribution in [-0.4, -0.2) is 42.5 Å². The van der Waals surface area contributed by atoms with E-state index in [-0.39, 0.29) is 24.0 Å². The second kappa shape index (κ2) is 13.8. The molecular formula is C17H31IN4S. The molecular weight excluding hydrogens is 419 g/mol. The smallest absolute Gasteiger partial charge is 0.193 e.